The van der Waals surface area contributed by atoms with Crippen LogP contribution in [0.15, 0.2) is 29.3 Å². The smallest absolute Gasteiger partial charge is 0.273 e. The maximum atomic E-state index is 10.7. The van der Waals surface area contributed by atoms with E-state index < -0.39 is 4.92 Å². The van der Waals surface area contributed by atoms with Gasteiger partial charge in [0.25, 0.3) is 5.69 Å². The van der Waals surface area contributed by atoms with Crippen LogP contribution in [0.25, 0.3) is 0 Å². The summed E-state index contributed by atoms with van der Waals surface area (Å²) in [6, 6.07) is 6.34. The van der Waals surface area contributed by atoms with Gasteiger partial charge in [0.1, 0.15) is 0 Å². The topological polar surface area (TPSA) is 131 Å². The second-order valence-electron chi connectivity index (χ2n) is 3.02. The molecule has 17 heavy (non-hydrogen) atoms. The van der Waals surface area contributed by atoms with Crippen LogP contribution in [0.3, 0.4) is 0 Å². The van der Waals surface area contributed by atoms with Gasteiger partial charge in [-0.15, -0.1) is 0 Å². The lowest BCUT2D eigenvalue weighted by Crippen LogP contribution is -2.23. The number of nitrogens with two attached hydrogens (primary N) is 2. The molecule has 1 aromatic rings. The Morgan fingerprint density at radius 2 is 2.12 bits per heavy atom. The molecule has 0 aliphatic heterocycles. The molecule has 7 nitrogen and oxygen atoms in total. The normalized spacial score (nSPS) is 9.65. The number of guanidine groups is 1. The summed E-state index contributed by atoms with van der Waals surface area (Å²) in [5, 5.41) is 18.0. The molecule has 0 bridgehead atoms. The molecule has 0 aromatic heterocycles. The van der Waals surface area contributed by atoms with Gasteiger partial charge in [-0.3, -0.25) is 15.5 Å². The zero-order chi connectivity index (χ0) is 12.8. The van der Waals surface area contributed by atoms with E-state index in [9.17, 15) is 10.1 Å². The molecule has 0 spiro atoms. The summed E-state index contributed by atoms with van der Waals surface area (Å²) in [5.74, 6) is 0.0670. The van der Waals surface area contributed by atoms with Gasteiger partial charge in [0.05, 0.1) is 4.92 Å². The van der Waals surface area contributed by atoms with Gasteiger partial charge in [0.15, 0.2) is 11.1 Å². The molecule has 0 saturated heterocycles. The average molecular weight is 253 g/mol. The summed E-state index contributed by atoms with van der Waals surface area (Å²) in [5.41, 5.74) is 10.8. The zero-order valence-electron chi connectivity index (χ0n) is 8.79. The fourth-order valence-electron chi connectivity index (χ4n) is 1.11. The van der Waals surface area contributed by atoms with Gasteiger partial charge in [0, 0.05) is 17.4 Å². The van der Waals surface area contributed by atoms with Crippen LogP contribution in [-0.4, -0.2) is 16.1 Å². The van der Waals surface area contributed by atoms with Gasteiger partial charge in [-0.1, -0.05) is 30.0 Å². The molecule has 0 saturated carbocycles. The first-order chi connectivity index (χ1) is 8.00. The highest BCUT2D eigenvalue weighted by molar-refractivity contribution is 8.13. The minimum Gasteiger partial charge on any atom is -0.370 e. The van der Waals surface area contributed by atoms with E-state index in [2.05, 4.69) is 4.99 Å². The van der Waals surface area contributed by atoms with Crippen LogP contribution in [-0.2, 0) is 5.75 Å². The number of para-hydroxylation sites is 1. The van der Waals surface area contributed by atoms with Crippen molar-refractivity contribution in [1.29, 1.82) is 5.41 Å². The van der Waals surface area contributed by atoms with Gasteiger partial charge < -0.3 is 11.5 Å². The number of amidine groups is 1. The summed E-state index contributed by atoms with van der Waals surface area (Å²) in [7, 11) is 0. The molecular formula is C9H11N5O2S. The van der Waals surface area contributed by atoms with Crippen molar-refractivity contribution in [2.75, 3.05) is 0 Å². The molecule has 1 rings (SSSR count). The van der Waals surface area contributed by atoms with E-state index in [0.29, 0.717) is 5.56 Å². The summed E-state index contributed by atoms with van der Waals surface area (Å²) in [4.78, 5) is 13.8. The van der Waals surface area contributed by atoms with E-state index >= 15 is 0 Å². The molecule has 0 atom stereocenters. The molecule has 0 amide bonds. The van der Waals surface area contributed by atoms with E-state index in [4.69, 9.17) is 16.9 Å². The number of benzene rings is 1. The van der Waals surface area contributed by atoms with Crippen molar-refractivity contribution < 1.29 is 4.92 Å². The fourth-order valence-corrected chi connectivity index (χ4v) is 1.81. The van der Waals surface area contributed by atoms with Crippen LogP contribution in [0.4, 0.5) is 5.69 Å². The van der Waals surface area contributed by atoms with E-state index in [-0.39, 0.29) is 22.6 Å². The Balaban J connectivity index is 2.73. The van der Waals surface area contributed by atoms with E-state index in [1.54, 1.807) is 18.2 Å². The monoisotopic (exact) mass is 253 g/mol. The maximum absolute atomic E-state index is 10.7. The SMILES string of the molecule is N=C(N=C(N)N)SCc1ccccc1[N+](=O)[O-]. The van der Waals surface area contributed by atoms with Gasteiger partial charge in [-0.05, 0) is 0 Å². The second-order valence-corrected chi connectivity index (χ2v) is 3.98. The maximum Gasteiger partial charge on any atom is 0.273 e. The van der Waals surface area contributed by atoms with Crippen molar-refractivity contribution in [2.45, 2.75) is 5.75 Å². The Hall–Kier alpha value is -2.09. The molecule has 90 valence electrons. The highest BCUT2D eigenvalue weighted by Crippen LogP contribution is 2.23. The lowest BCUT2D eigenvalue weighted by atomic mass is 10.2. The number of nitrogens with zero attached hydrogens (tertiary/aromatic N) is 2. The van der Waals surface area contributed by atoms with Crippen molar-refractivity contribution in [1.82, 2.24) is 0 Å². The number of nitro benzene ring substituents is 1. The average Bonchev–Trinajstić information content (AvgIpc) is 2.25. The third kappa shape index (κ3) is 4.11. The molecule has 8 heteroatoms. The highest BCUT2D eigenvalue weighted by Gasteiger charge is 2.12. The van der Waals surface area contributed by atoms with E-state index in [1.165, 1.54) is 6.07 Å². The molecular weight excluding hydrogens is 242 g/mol. The number of rotatable bonds is 3. The summed E-state index contributed by atoms with van der Waals surface area (Å²) in [6.07, 6.45) is 0. The quantitative estimate of drug-likeness (QED) is 0.320. The number of thioether (sulfide) groups is 1. The van der Waals surface area contributed by atoms with Gasteiger partial charge >= 0.3 is 0 Å². The minimum atomic E-state index is -0.458. The van der Waals surface area contributed by atoms with E-state index in [1.807, 2.05) is 0 Å². The second kappa shape index (κ2) is 5.85. The Labute approximate surface area is 102 Å². The van der Waals surface area contributed by atoms with Gasteiger partial charge in [0.2, 0.25) is 0 Å². The lowest BCUT2D eigenvalue weighted by molar-refractivity contribution is -0.385. The van der Waals surface area contributed by atoms with Crippen molar-refractivity contribution in [3.05, 3.63) is 39.9 Å². The Morgan fingerprint density at radius 3 is 2.71 bits per heavy atom. The summed E-state index contributed by atoms with van der Waals surface area (Å²) >= 11 is 1.02. The largest absolute Gasteiger partial charge is 0.370 e. The number of hydrogen-bond donors (Lipinski definition) is 3. The standard InChI is InChI=1S/C9H11N5O2S/c10-8(11)13-9(12)17-5-6-3-1-2-4-7(6)14(15)16/h1-4H,5H2,(H5,10,11,12,13). The number of aliphatic imine (C=N–C) groups is 1. The zero-order valence-corrected chi connectivity index (χ0v) is 9.61. The molecule has 0 aliphatic rings. The summed E-state index contributed by atoms with van der Waals surface area (Å²) in [6.45, 7) is 0. The van der Waals surface area contributed by atoms with E-state index in [0.717, 1.165) is 11.8 Å². The Morgan fingerprint density at radius 1 is 1.47 bits per heavy atom. The molecule has 1 aromatic carbocycles. The van der Waals surface area contributed by atoms with Crippen LogP contribution in [0, 0.1) is 15.5 Å². The van der Waals surface area contributed by atoms with Crippen LogP contribution in [0.2, 0.25) is 0 Å². The number of nitro groups is 1. The summed E-state index contributed by atoms with van der Waals surface area (Å²) < 4.78 is 0. The predicted octanol–water partition coefficient (Wildman–Crippen LogP) is 1.04. The fraction of sp³-hybridized carbons (Fsp3) is 0.111. The number of hydrogen-bond acceptors (Lipinski definition) is 4. The van der Waals surface area contributed by atoms with Crippen molar-refractivity contribution in [3.8, 4) is 0 Å². The van der Waals surface area contributed by atoms with Gasteiger partial charge in [-0.25, -0.2) is 0 Å². The first-order valence-corrected chi connectivity index (χ1v) is 5.52. The Kier molecular flexibility index (Phi) is 4.46. The molecule has 0 aliphatic carbocycles. The van der Waals surface area contributed by atoms with Crippen molar-refractivity contribution in [2.24, 2.45) is 16.5 Å². The van der Waals surface area contributed by atoms with Crippen molar-refractivity contribution >= 4 is 28.6 Å². The minimum absolute atomic E-state index is 0.0255. The Bertz CT molecular complexity index is 470. The first-order valence-electron chi connectivity index (χ1n) is 4.54. The lowest BCUT2D eigenvalue weighted by Gasteiger charge is -2.01. The van der Waals surface area contributed by atoms with Crippen LogP contribution < -0.4 is 11.5 Å². The van der Waals surface area contributed by atoms with Crippen LogP contribution >= 0.6 is 11.8 Å². The highest BCUT2D eigenvalue weighted by atomic mass is 32.2. The number of nitrogens with one attached hydrogen (secondary N) is 1. The van der Waals surface area contributed by atoms with Crippen LogP contribution in [0.5, 0.6) is 0 Å². The molecule has 0 radical (unpaired) electrons. The van der Waals surface area contributed by atoms with Crippen molar-refractivity contribution in [3.63, 3.8) is 0 Å². The first kappa shape index (κ1) is 13.0. The molecule has 0 fully saturated rings. The molecule has 0 unspecified atom stereocenters. The molecule has 0 heterocycles. The third-order valence-electron chi connectivity index (χ3n) is 1.78. The predicted molar refractivity (Wildman–Crippen MR) is 67.9 cm³/mol. The van der Waals surface area contributed by atoms with Crippen LogP contribution in [0.1, 0.15) is 5.56 Å². The van der Waals surface area contributed by atoms with Gasteiger partial charge in [-0.2, -0.15) is 4.99 Å². The molecule has 5 N–H and O–H groups in total. The third-order valence-corrected chi connectivity index (χ3v) is 2.60.